The van der Waals surface area contributed by atoms with Gasteiger partial charge in [-0.05, 0) is 17.7 Å². The predicted octanol–water partition coefficient (Wildman–Crippen LogP) is -0.0741. The predicted molar refractivity (Wildman–Crippen MR) is 61.5 cm³/mol. The zero-order valence-corrected chi connectivity index (χ0v) is 9.31. The van der Waals surface area contributed by atoms with Crippen molar-refractivity contribution in [1.29, 1.82) is 0 Å². The molecule has 0 heterocycles. The molecule has 0 aliphatic carbocycles. The maximum atomic E-state index is 11.8. The van der Waals surface area contributed by atoms with Gasteiger partial charge in [-0.25, -0.2) is 0 Å². The fourth-order valence-corrected chi connectivity index (χ4v) is 1.38. The van der Waals surface area contributed by atoms with Gasteiger partial charge < -0.3 is 16.4 Å². The molecule has 1 atom stereocenters. The van der Waals surface area contributed by atoms with Crippen LogP contribution in [0.2, 0.25) is 0 Å². The summed E-state index contributed by atoms with van der Waals surface area (Å²) < 4.78 is 0. The molecule has 1 rings (SSSR count). The number of nitrogens with zero attached hydrogens (tertiary/aromatic N) is 1. The summed E-state index contributed by atoms with van der Waals surface area (Å²) in [5.41, 5.74) is 11.9. The fraction of sp³-hybridized carbons (Fsp3) is 0.273. The fourth-order valence-electron chi connectivity index (χ4n) is 1.38. The number of benzene rings is 1. The third-order valence-electron chi connectivity index (χ3n) is 2.24. The molecule has 1 aromatic rings. The lowest BCUT2D eigenvalue weighted by molar-refractivity contribution is -0.135. The van der Waals surface area contributed by atoms with Crippen LogP contribution >= 0.6 is 0 Å². The van der Waals surface area contributed by atoms with Gasteiger partial charge in [-0.15, -0.1) is 0 Å². The maximum Gasteiger partial charge on any atom is 0.239 e. The Kier molecular flexibility index (Phi) is 3.50. The second kappa shape index (κ2) is 4.65. The maximum absolute atomic E-state index is 11.8. The van der Waals surface area contributed by atoms with E-state index in [0.717, 1.165) is 0 Å². The van der Waals surface area contributed by atoms with Crippen molar-refractivity contribution in [3.05, 3.63) is 29.8 Å². The van der Waals surface area contributed by atoms with Crippen molar-refractivity contribution in [1.82, 2.24) is 4.90 Å². The van der Waals surface area contributed by atoms with E-state index in [-0.39, 0.29) is 5.91 Å². The number of primary amides is 1. The number of likely N-dealkylation sites (N-methyl/N-ethyl adjacent to an activating group) is 1. The highest BCUT2D eigenvalue weighted by atomic mass is 16.2. The highest BCUT2D eigenvalue weighted by molar-refractivity contribution is 6.04. The number of rotatable bonds is 3. The number of nitrogen functional groups attached to an aromatic ring is 1. The van der Waals surface area contributed by atoms with Crippen LogP contribution in [0.15, 0.2) is 24.3 Å². The molecule has 0 fully saturated rings. The van der Waals surface area contributed by atoms with E-state index in [2.05, 4.69) is 0 Å². The van der Waals surface area contributed by atoms with Gasteiger partial charge in [0.15, 0.2) is 0 Å². The molecular formula is C11H15N3O2. The highest BCUT2D eigenvalue weighted by Crippen LogP contribution is 2.18. The monoisotopic (exact) mass is 221 g/mol. The molecule has 1 aromatic carbocycles. The van der Waals surface area contributed by atoms with Crippen LogP contribution in [0.4, 0.5) is 5.69 Å². The number of hydrogen-bond acceptors (Lipinski definition) is 3. The van der Waals surface area contributed by atoms with Crippen molar-refractivity contribution in [2.24, 2.45) is 5.73 Å². The van der Waals surface area contributed by atoms with Crippen LogP contribution < -0.4 is 11.5 Å². The SMILES string of the molecule is CN(C)C(=O)C(C(N)=O)c1ccc(N)cc1. The Labute approximate surface area is 94.0 Å². The Morgan fingerprint density at radius 2 is 1.69 bits per heavy atom. The van der Waals surface area contributed by atoms with Gasteiger partial charge in [-0.2, -0.15) is 0 Å². The van der Waals surface area contributed by atoms with E-state index < -0.39 is 11.8 Å². The number of hydrogen-bond donors (Lipinski definition) is 2. The molecule has 5 heteroatoms. The number of amides is 2. The Balaban J connectivity index is 3.08. The summed E-state index contributed by atoms with van der Waals surface area (Å²) in [6.07, 6.45) is 0. The van der Waals surface area contributed by atoms with Crippen LogP contribution in [0, 0.1) is 0 Å². The number of nitrogens with two attached hydrogens (primary N) is 2. The summed E-state index contributed by atoms with van der Waals surface area (Å²) in [6.45, 7) is 0. The normalized spacial score (nSPS) is 11.9. The van der Waals surface area contributed by atoms with Crippen molar-refractivity contribution in [3.63, 3.8) is 0 Å². The summed E-state index contributed by atoms with van der Waals surface area (Å²) in [5.74, 6) is -1.95. The molecule has 0 saturated carbocycles. The molecule has 1 unspecified atom stereocenters. The third-order valence-corrected chi connectivity index (χ3v) is 2.24. The molecule has 5 nitrogen and oxygen atoms in total. The minimum Gasteiger partial charge on any atom is -0.399 e. The first kappa shape index (κ1) is 12.0. The molecule has 0 aliphatic rings. The van der Waals surface area contributed by atoms with E-state index in [1.807, 2.05) is 0 Å². The first-order valence-electron chi connectivity index (χ1n) is 4.79. The lowest BCUT2D eigenvalue weighted by Gasteiger charge is -2.18. The van der Waals surface area contributed by atoms with Gasteiger partial charge in [0, 0.05) is 19.8 Å². The Hall–Kier alpha value is -2.04. The Morgan fingerprint density at radius 1 is 1.19 bits per heavy atom. The minimum absolute atomic E-state index is 0.336. The largest absolute Gasteiger partial charge is 0.399 e. The zero-order valence-electron chi connectivity index (χ0n) is 9.31. The lowest BCUT2D eigenvalue weighted by Crippen LogP contribution is -2.36. The van der Waals surface area contributed by atoms with Gasteiger partial charge in [0.05, 0.1) is 0 Å². The molecule has 86 valence electrons. The number of anilines is 1. The van der Waals surface area contributed by atoms with Crippen molar-refractivity contribution >= 4 is 17.5 Å². The van der Waals surface area contributed by atoms with Crippen LogP contribution in [0.25, 0.3) is 0 Å². The Bertz CT molecular complexity index is 398. The molecule has 16 heavy (non-hydrogen) atoms. The van der Waals surface area contributed by atoms with Crippen molar-refractivity contribution in [2.75, 3.05) is 19.8 Å². The van der Waals surface area contributed by atoms with E-state index in [4.69, 9.17) is 11.5 Å². The van der Waals surface area contributed by atoms with Crippen molar-refractivity contribution in [3.8, 4) is 0 Å². The first-order chi connectivity index (χ1) is 7.43. The summed E-state index contributed by atoms with van der Waals surface area (Å²) in [5, 5.41) is 0. The van der Waals surface area contributed by atoms with Crippen LogP contribution in [0.1, 0.15) is 11.5 Å². The van der Waals surface area contributed by atoms with Crippen LogP contribution in [-0.2, 0) is 9.59 Å². The highest BCUT2D eigenvalue weighted by Gasteiger charge is 2.27. The number of carbonyl (C=O) groups is 2. The smallest absolute Gasteiger partial charge is 0.239 e. The molecule has 0 bridgehead atoms. The molecule has 4 N–H and O–H groups in total. The molecule has 0 radical (unpaired) electrons. The van der Waals surface area contributed by atoms with E-state index in [1.54, 1.807) is 38.4 Å². The van der Waals surface area contributed by atoms with Crippen molar-refractivity contribution in [2.45, 2.75) is 5.92 Å². The van der Waals surface area contributed by atoms with Crippen LogP contribution in [-0.4, -0.2) is 30.8 Å². The number of carbonyl (C=O) groups excluding carboxylic acids is 2. The van der Waals surface area contributed by atoms with E-state index in [0.29, 0.717) is 11.3 Å². The summed E-state index contributed by atoms with van der Waals surface area (Å²) >= 11 is 0. The summed E-state index contributed by atoms with van der Waals surface area (Å²) in [7, 11) is 3.16. The van der Waals surface area contributed by atoms with Gasteiger partial charge in [0.1, 0.15) is 5.92 Å². The molecule has 2 amide bonds. The first-order valence-corrected chi connectivity index (χ1v) is 4.79. The van der Waals surface area contributed by atoms with Crippen LogP contribution in [0.5, 0.6) is 0 Å². The average molecular weight is 221 g/mol. The van der Waals surface area contributed by atoms with Crippen LogP contribution in [0.3, 0.4) is 0 Å². The molecule has 0 aromatic heterocycles. The summed E-state index contributed by atoms with van der Waals surface area (Å²) in [4.78, 5) is 24.4. The standard InChI is InChI=1S/C11H15N3O2/c1-14(2)11(16)9(10(13)15)7-3-5-8(12)6-4-7/h3-6,9H,12H2,1-2H3,(H2,13,15). The quantitative estimate of drug-likeness (QED) is 0.553. The van der Waals surface area contributed by atoms with Crippen molar-refractivity contribution < 1.29 is 9.59 Å². The van der Waals surface area contributed by atoms with Gasteiger partial charge in [-0.1, -0.05) is 12.1 Å². The van der Waals surface area contributed by atoms with Gasteiger partial charge in [0.25, 0.3) is 0 Å². The van der Waals surface area contributed by atoms with Gasteiger partial charge >= 0.3 is 0 Å². The Morgan fingerprint density at radius 3 is 2.06 bits per heavy atom. The van der Waals surface area contributed by atoms with Gasteiger partial charge in [-0.3, -0.25) is 9.59 Å². The molecular weight excluding hydrogens is 206 g/mol. The zero-order chi connectivity index (χ0) is 12.3. The second-order valence-corrected chi connectivity index (χ2v) is 3.73. The van der Waals surface area contributed by atoms with Gasteiger partial charge in [0.2, 0.25) is 11.8 Å². The molecule has 0 spiro atoms. The minimum atomic E-state index is -0.949. The lowest BCUT2D eigenvalue weighted by atomic mass is 9.97. The molecule has 0 saturated heterocycles. The van der Waals surface area contributed by atoms with E-state index in [9.17, 15) is 9.59 Å². The van der Waals surface area contributed by atoms with E-state index in [1.165, 1.54) is 4.90 Å². The topological polar surface area (TPSA) is 89.4 Å². The average Bonchev–Trinajstić information content (AvgIpc) is 2.20. The van der Waals surface area contributed by atoms with E-state index >= 15 is 0 Å². The molecule has 0 aliphatic heterocycles. The second-order valence-electron chi connectivity index (χ2n) is 3.73. The summed E-state index contributed by atoms with van der Waals surface area (Å²) in [6, 6.07) is 6.53. The third kappa shape index (κ3) is 2.50.